The molecule has 13 heavy (non-hydrogen) atoms. The molecule has 1 heterocycles. The average molecular weight is 185 g/mol. The van der Waals surface area contributed by atoms with Crippen molar-refractivity contribution < 1.29 is 19.1 Å². The number of Topliss-reactive ketones (excluding diaryl/α,β-unsaturated/α-hetero) is 1. The lowest BCUT2D eigenvalue weighted by Gasteiger charge is -2.33. The van der Waals surface area contributed by atoms with E-state index in [0.29, 0.717) is 0 Å². The van der Waals surface area contributed by atoms with Crippen molar-refractivity contribution >= 4 is 17.7 Å². The van der Waals surface area contributed by atoms with E-state index in [1.807, 2.05) is 0 Å². The van der Waals surface area contributed by atoms with E-state index >= 15 is 0 Å². The quantitative estimate of drug-likeness (QED) is 0.464. The van der Waals surface area contributed by atoms with Crippen LogP contribution in [0.5, 0.6) is 0 Å². The number of amides is 1. The molecule has 0 saturated carbocycles. The van der Waals surface area contributed by atoms with Crippen molar-refractivity contribution in [2.75, 3.05) is 7.11 Å². The van der Waals surface area contributed by atoms with Crippen molar-refractivity contribution in [2.45, 2.75) is 19.4 Å². The number of carbonyl (C=O) groups excluding carboxylic acids is 3. The van der Waals surface area contributed by atoms with Crippen LogP contribution in [0.25, 0.3) is 0 Å². The van der Waals surface area contributed by atoms with Crippen LogP contribution in [0.2, 0.25) is 0 Å². The van der Waals surface area contributed by atoms with Gasteiger partial charge in [-0.2, -0.15) is 0 Å². The highest BCUT2D eigenvalue weighted by Gasteiger charge is 2.45. The second-order valence-corrected chi connectivity index (χ2v) is 3.02. The molecule has 0 aliphatic carbocycles. The zero-order valence-electron chi connectivity index (χ0n) is 7.49. The molecule has 0 aromatic rings. The van der Waals surface area contributed by atoms with Gasteiger partial charge in [-0.3, -0.25) is 4.79 Å². The highest BCUT2D eigenvalue weighted by atomic mass is 16.5. The number of hydrogen-bond acceptors (Lipinski definition) is 4. The second kappa shape index (κ2) is 3.55. The van der Waals surface area contributed by atoms with Gasteiger partial charge in [0.25, 0.3) is 0 Å². The van der Waals surface area contributed by atoms with Gasteiger partial charge in [0.15, 0.2) is 0 Å². The van der Waals surface area contributed by atoms with E-state index in [9.17, 15) is 14.4 Å². The molecule has 0 radical (unpaired) electrons. The molecular weight excluding hydrogens is 174 g/mol. The summed E-state index contributed by atoms with van der Waals surface area (Å²) in [5.74, 6) is -1.39. The predicted octanol–water partition coefficient (Wildman–Crippen LogP) is -0.747. The van der Waals surface area contributed by atoms with Gasteiger partial charge in [-0.25, -0.2) is 4.79 Å². The fourth-order valence-electron chi connectivity index (χ4n) is 1.29. The number of esters is 1. The fourth-order valence-corrected chi connectivity index (χ4v) is 1.29. The maximum absolute atomic E-state index is 11.0. The number of nitrogens with one attached hydrogen (secondary N) is 1. The van der Waals surface area contributed by atoms with Crippen molar-refractivity contribution in [3.63, 3.8) is 0 Å². The molecular formula is C8H11NO4. The van der Waals surface area contributed by atoms with Crippen molar-refractivity contribution in [3.8, 4) is 0 Å². The SMILES string of the molecule is COC(=O)C1NC(=O)C1CC(C)=O. The van der Waals surface area contributed by atoms with E-state index in [0.717, 1.165) is 0 Å². The molecule has 2 unspecified atom stereocenters. The van der Waals surface area contributed by atoms with Crippen molar-refractivity contribution in [3.05, 3.63) is 0 Å². The Balaban J connectivity index is 2.56. The highest BCUT2D eigenvalue weighted by Crippen LogP contribution is 2.20. The molecule has 72 valence electrons. The third-order valence-electron chi connectivity index (χ3n) is 2.00. The molecule has 0 aromatic carbocycles. The number of ketones is 1. The highest BCUT2D eigenvalue weighted by molar-refractivity contribution is 5.99. The summed E-state index contributed by atoms with van der Waals surface area (Å²) in [7, 11) is 1.25. The van der Waals surface area contributed by atoms with Crippen LogP contribution in [0.1, 0.15) is 13.3 Å². The third-order valence-corrected chi connectivity index (χ3v) is 2.00. The Labute approximate surface area is 75.4 Å². The van der Waals surface area contributed by atoms with Gasteiger partial charge in [-0.1, -0.05) is 0 Å². The summed E-state index contributed by atoms with van der Waals surface area (Å²) in [4.78, 5) is 32.6. The van der Waals surface area contributed by atoms with Gasteiger partial charge in [0.1, 0.15) is 11.8 Å². The Bertz CT molecular complexity index is 261. The van der Waals surface area contributed by atoms with Crippen LogP contribution < -0.4 is 5.32 Å². The second-order valence-electron chi connectivity index (χ2n) is 3.02. The van der Waals surface area contributed by atoms with Crippen LogP contribution in [0.15, 0.2) is 0 Å². The van der Waals surface area contributed by atoms with Crippen molar-refractivity contribution in [1.82, 2.24) is 5.32 Å². The molecule has 1 N–H and O–H groups in total. The Morgan fingerprint density at radius 1 is 1.54 bits per heavy atom. The lowest BCUT2D eigenvalue weighted by atomic mass is 9.86. The molecule has 1 aliphatic heterocycles. The van der Waals surface area contributed by atoms with E-state index in [4.69, 9.17) is 0 Å². The van der Waals surface area contributed by atoms with Crippen LogP contribution in [-0.2, 0) is 19.1 Å². The average Bonchev–Trinajstić information content (AvgIpc) is 2.09. The maximum atomic E-state index is 11.0. The zero-order chi connectivity index (χ0) is 10.0. The van der Waals surface area contributed by atoms with Gasteiger partial charge in [-0.15, -0.1) is 0 Å². The first-order chi connectivity index (χ1) is 6.06. The van der Waals surface area contributed by atoms with Crippen molar-refractivity contribution in [2.24, 2.45) is 5.92 Å². The van der Waals surface area contributed by atoms with E-state index in [1.54, 1.807) is 0 Å². The summed E-state index contributed by atoms with van der Waals surface area (Å²) in [6.45, 7) is 1.39. The summed E-state index contributed by atoms with van der Waals surface area (Å²) in [5.41, 5.74) is 0. The normalized spacial score (nSPS) is 25.8. The molecule has 1 aliphatic rings. The number of carbonyl (C=O) groups is 3. The number of β-lactam (4-membered cyclic amide) rings is 1. The van der Waals surface area contributed by atoms with Crippen LogP contribution in [0, 0.1) is 5.92 Å². The largest absolute Gasteiger partial charge is 0.467 e. The summed E-state index contributed by atoms with van der Waals surface area (Å²) < 4.78 is 4.45. The third kappa shape index (κ3) is 1.85. The molecule has 5 heteroatoms. The molecule has 0 spiro atoms. The van der Waals surface area contributed by atoms with Gasteiger partial charge in [0.2, 0.25) is 5.91 Å². The molecule has 1 rings (SSSR count). The smallest absolute Gasteiger partial charge is 0.329 e. The van der Waals surface area contributed by atoms with Gasteiger partial charge >= 0.3 is 5.97 Å². The first-order valence-electron chi connectivity index (χ1n) is 3.94. The molecule has 1 saturated heterocycles. The van der Waals surface area contributed by atoms with E-state index in [1.165, 1.54) is 14.0 Å². The Kier molecular flexibility index (Phi) is 2.65. The van der Waals surface area contributed by atoms with Crippen LogP contribution in [0.4, 0.5) is 0 Å². The lowest BCUT2D eigenvalue weighted by Crippen LogP contribution is -2.62. The molecule has 0 bridgehead atoms. The Morgan fingerprint density at radius 2 is 2.15 bits per heavy atom. The minimum absolute atomic E-state index is 0.103. The molecule has 2 atom stereocenters. The summed E-state index contributed by atoms with van der Waals surface area (Å²) in [6, 6.07) is -0.638. The Morgan fingerprint density at radius 3 is 2.54 bits per heavy atom. The fraction of sp³-hybridized carbons (Fsp3) is 0.625. The number of ether oxygens (including phenoxy) is 1. The van der Waals surface area contributed by atoms with Crippen molar-refractivity contribution in [1.29, 1.82) is 0 Å². The van der Waals surface area contributed by atoms with E-state index < -0.39 is 17.9 Å². The number of rotatable bonds is 3. The maximum Gasteiger partial charge on any atom is 0.329 e. The number of methoxy groups -OCH3 is 1. The topological polar surface area (TPSA) is 72.5 Å². The minimum atomic E-state index is -0.638. The predicted molar refractivity (Wildman–Crippen MR) is 42.7 cm³/mol. The number of hydrogen-bond donors (Lipinski definition) is 1. The first-order valence-corrected chi connectivity index (χ1v) is 3.94. The Hall–Kier alpha value is -1.39. The van der Waals surface area contributed by atoms with Gasteiger partial charge in [-0.05, 0) is 6.92 Å². The zero-order valence-corrected chi connectivity index (χ0v) is 7.49. The molecule has 1 fully saturated rings. The van der Waals surface area contributed by atoms with Gasteiger partial charge in [0.05, 0.1) is 13.0 Å². The lowest BCUT2D eigenvalue weighted by molar-refractivity contribution is -0.156. The van der Waals surface area contributed by atoms with Crippen LogP contribution >= 0.6 is 0 Å². The van der Waals surface area contributed by atoms with Crippen LogP contribution in [0.3, 0.4) is 0 Å². The standard InChI is InChI=1S/C8H11NO4/c1-4(10)3-5-6(8(12)13-2)9-7(5)11/h5-6H,3H2,1-2H3,(H,9,11). The molecule has 5 nitrogen and oxygen atoms in total. The van der Waals surface area contributed by atoms with Gasteiger partial charge in [0, 0.05) is 6.42 Å². The summed E-state index contributed by atoms with van der Waals surface area (Å²) in [5, 5.41) is 2.38. The molecule has 1 amide bonds. The summed E-state index contributed by atoms with van der Waals surface area (Å²) >= 11 is 0. The van der Waals surface area contributed by atoms with E-state index in [-0.39, 0.29) is 18.1 Å². The van der Waals surface area contributed by atoms with Crippen LogP contribution in [-0.4, -0.2) is 30.8 Å². The van der Waals surface area contributed by atoms with E-state index in [2.05, 4.69) is 10.1 Å². The monoisotopic (exact) mass is 185 g/mol. The minimum Gasteiger partial charge on any atom is -0.467 e. The van der Waals surface area contributed by atoms with Gasteiger partial charge < -0.3 is 14.8 Å². The summed E-state index contributed by atoms with van der Waals surface area (Å²) in [6.07, 6.45) is 0.103. The first kappa shape index (κ1) is 9.70. The molecule has 0 aromatic heterocycles.